The molecule has 72 heavy (non-hydrogen) atoms. The van der Waals surface area contributed by atoms with Gasteiger partial charge in [-0.1, -0.05) is 185 Å². The fourth-order valence-electron chi connectivity index (χ4n) is 9.09. The average molecular weight is 1130 g/mol. The Bertz CT molecular complexity index is 2490. The summed E-state index contributed by atoms with van der Waals surface area (Å²) < 4.78 is 66.1. The molecule has 0 aromatic heterocycles. The van der Waals surface area contributed by atoms with Crippen molar-refractivity contribution in [1.82, 2.24) is 0 Å². The van der Waals surface area contributed by atoms with E-state index in [0.29, 0.717) is 37.7 Å². The Balaban J connectivity index is 0.000000780. The van der Waals surface area contributed by atoms with Gasteiger partial charge in [0.1, 0.15) is 0 Å². The van der Waals surface area contributed by atoms with Crippen LogP contribution in [0.4, 0.5) is 0 Å². The zero-order valence-corrected chi connectivity index (χ0v) is 48.0. The zero-order chi connectivity index (χ0) is 50.8. The molecule has 14 heteroatoms. The largest absolute Gasteiger partial charge is 2.00 e. The third-order valence-corrected chi connectivity index (χ3v) is 26.4. The molecule has 0 saturated heterocycles. The molecule has 1 aliphatic rings. The second-order valence-corrected chi connectivity index (χ2v) is 28.0. The van der Waals surface area contributed by atoms with Crippen molar-refractivity contribution < 1.29 is 51.8 Å². The maximum absolute atomic E-state index is 15.4. The SMILES string of the molecule is CC1CCC(C(C)C)CC1.CCOP(=O)(N=P(c1[c-]cccc1)(c1ccccc1)[C-](/C=C/C(O)(c1ccccc1)c1ccccc1)P(=NP(=O)(OCC)OCC)(c1ccccc1)c1ccccc1)OCC.[Ru+2]. The molecule has 1 fully saturated rings. The fraction of sp³-hybridized carbons (Fsp3) is 0.328. The average Bonchev–Trinajstić information content (AvgIpc) is 3.40. The fourth-order valence-corrected chi connectivity index (χ4v) is 24.7. The van der Waals surface area contributed by atoms with E-state index in [0.717, 1.165) is 17.8 Å². The first-order valence-corrected chi connectivity index (χ1v) is 31.4. The van der Waals surface area contributed by atoms with Crippen LogP contribution in [0.25, 0.3) is 0 Å². The number of benzene rings is 6. The summed E-state index contributed by atoms with van der Waals surface area (Å²) in [6.07, 6.45) is 9.51. The van der Waals surface area contributed by atoms with Crippen molar-refractivity contribution in [2.45, 2.75) is 79.8 Å². The molecule has 6 aromatic rings. The first-order valence-electron chi connectivity index (χ1n) is 24.9. The molecule has 1 atom stereocenters. The molecule has 1 unspecified atom stereocenters. The normalized spacial score (nSPS) is 16.2. The van der Waals surface area contributed by atoms with Gasteiger partial charge in [-0.3, -0.25) is 18.1 Å². The van der Waals surface area contributed by atoms with Crippen LogP contribution >= 0.6 is 29.6 Å². The van der Waals surface area contributed by atoms with Gasteiger partial charge in [-0.25, -0.2) is 24.2 Å². The number of nitrogens with zero attached hydrogens (tertiary/aromatic N) is 2. The smallest absolute Gasteiger partial charge is 0.394 e. The van der Waals surface area contributed by atoms with Gasteiger partial charge in [0.05, 0.1) is 32.0 Å². The van der Waals surface area contributed by atoms with E-state index in [1.807, 2.05) is 176 Å². The summed E-state index contributed by atoms with van der Waals surface area (Å²) in [6.45, 7) is 14.2. The van der Waals surface area contributed by atoms with Crippen molar-refractivity contribution in [3.8, 4) is 0 Å². The predicted molar refractivity (Wildman–Crippen MR) is 298 cm³/mol. The minimum atomic E-state index is -4.35. The summed E-state index contributed by atoms with van der Waals surface area (Å²) in [6, 6.07) is 58.4. The Morgan fingerprint density at radius 3 is 1.31 bits per heavy atom. The Morgan fingerprint density at radius 1 is 0.583 bits per heavy atom. The molecule has 384 valence electrons. The van der Waals surface area contributed by atoms with E-state index in [9.17, 15) is 5.11 Å². The summed E-state index contributed by atoms with van der Waals surface area (Å²) in [5, 5.41) is 16.3. The number of hydrogen-bond donors (Lipinski definition) is 1. The van der Waals surface area contributed by atoms with Gasteiger partial charge in [-0.2, -0.15) is 36.4 Å². The maximum Gasteiger partial charge on any atom is 2.00 e. The molecule has 1 saturated carbocycles. The van der Waals surface area contributed by atoms with E-state index < -0.39 is 35.2 Å². The second-order valence-electron chi connectivity index (χ2n) is 17.8. The topological polar surface area (TPSA) is 116 Å². The Hall–Kier alpha value is -3.73. The number of allylic oxidation sites excluding steroid dienone is 1. The molecule has 9 nitrogen and oxygen atoms in total. The molecule has 7 rings (SSSR count). The minimum Gasteiger partial charge on any atom is -0.394 e. The van der Waals surface area contributed by atoms with Gasteiger partial charge in [-0.15, -0.1) is 10.7 Å². The van der Waals surface area contributed by atoms with E-state index in [2.05, 4.69) is 26.8 Å². The Labute approximate surface area is 443 Å². The standard InChI is InChI=1S/C48H52N2O7P4.C10H20.Ru/c1-5-54-60(52,55-6-2)49-58(43-31-19-11-20-32-43,44-33-21-12-22-34-44)47(39-40-48(51,41-27-15-9-16-28-41)42-29-17-10-18-30-42)59(45-35-23-13-24-36-45,46-37-25-14-26-38-46)50-61(53,56-7-3)57-8-4;1-8(2)10-6-4-9(3)5-7-10;/h9-37,39-40,51H,5-8H2,1-4H3;8-10H,4-7H2,1-3H3;/q-2;;+2/b40-39+;;. The van der Waals surface area contributed by atoms with Crippen LogP contribution in [0.2, 0.25) is 0 Å². The quantitative estimate of drug-likeness (QED) is 0.0433. The molecule has 0 spiro atoms. The summed E-state index contributed by atoms with van der Waals surface area (Å²) >= 11 is 0. The Kier molecular flexibility index (Phi) is 23.2. The molecule has 0 radical (unpaired) electrons. The molecule has 0 amide bonds. The predicted octanol–water partition coefficient (Wildman–Crippen LogP) is 15.3. The van der Waals surface area contributed by atoms with E-state index in [4.69, 9.17) is 27.1 Å². The van der Waals surface area contributed by atoms with Crippen molar-refractivity contribution in [3.05, 3.63) is 211 Å². The van der Waals surface area contributed by atoms with E-state index in [1.165, 1.54) is 25.7 Å². The van der Waals surface area contributed by atoms with Gasteiger partial charge in [0, 0.05) is 0 Å². The van der Waals surface area contributed by atoms with Crippen molar-refractivity contribution in [3.63, 3.8) is 0 Å². The van der Waals surface area contributed by atoms with Crippen molar-refractivity contribution in [2.75, 3.05) is 26.4 Å². The first kappa shape index (κ1) is 59.2. The van der Waals surface area contributed by atoms with Crippen LogP contribution in [0.3, 0.4) is 0 Å². The third-order valence-electron chi connectivity index (χ3n) is 12.7. The summed E-state index contributed by atoms with van der Waals surface area (Å²) in [5.74, 6) is 2.97. The van der Waals surface area contributed by atoms with Crippen molar-refractivity contribution >= 4 is 50.8 Å². The molecule has 6 aromatic carbocycles. The summed E-state index contributed by atoms with van der Waals surface area (Å²) in [4.78, 5) is 0. The van der Waals surface area contributed by atoms with Gasteiger partial charge >= 0.3 is 35.0 Å². The Morgan fingerprint density at radius 2 is 0.944 bits per heavy atom. The van der Waals surface area contributed by atoms with Crippen LogP contribution in [0.15, 0.2) is 197 Å². The zero-order valence-electron chi connectivity index (χ0n) is 42.7. The third kappa shape index (κ3) is 14.4. The molecule has 0 heterocycles. The van der Waals surface area contributed by atoms with Gasteiger partial charge < -0.3 is 5.11 Å². The molecule has 0 aliphatic heterocycles. The number of rotatable bonds is 21. The van der Waals surface area contributed by atoms with Crippen LogP contribution in [-0.2, 0) is 52.3 Å². The van der Waals surface area contributed by atoms with E-state index >= 15 is 9.13 Å². The van der Waals surface area contributed by atoms with Gasteiger partial charge in [0.25, 0.3) is 0 Å². The molecule has 1 aliphatic carbocycles. The van der Waals surface area contributed by atoms with Crippen molar-refractivity contribution in [1.29, 1.82) is 0 Å². The van der Waals surface area contributed by atoms with Crippen LogP contribution in [0.5, 0.6) is 0 Å². The number of hydrogen-bond acceptors (Lipinski definition) is 7. The van der Waals surface area contributed by atoms with Gasteiger partial charge in [-0.05, 0) is 99.4 Å². The maximum atomic E-state index is 15.4. The summed E-state index contributed by atoms with van der Waals surface area (Å²) in [7, 11) is -16.3. The number of aliphatic hydroxyl groups is 1. The molecule has 1 N–H and O–H groups in total. The van der Waals surface area contributed by atoms with E-state index in [-0.39, 0.29) is 45.9 Å². The summed E-state index contributed by atoms with van der Waals surface area (Å²) in [5.41, 5.74) is -0.559. The van der Waals surface area contributed by atoms with Crippen LogP contribution in [-0.4, -0.2) is 31.5 Å². The van der Waals surface area contributed by atoms with Gasteiger partial charge in [0.2, 0.25) is 0 Å². The van der Waals surface area contributed by atoms with Crippen molar-refractivity contribution in [2.24, 2.45) is 26.8 Å². The van der Waals surface area contributed by atoms with Crippen LogP contribution in [0, 0.1) is 29.2 Å². The van der Waals surface area contributed by atoms with E-state index in [1.54, 1.807) is 39.8 Å². The molecular formula is C58H72N2O7P4Ru. The molecular weight excluding hydrogens is 1060 g/mol. The first-order chi connectivity index (χ1) is 34.3. The van der Waals surface area contributed by atoms with Crippen LogP contribution in [0.1, 0.15) is 85.3 Å². The van der Waals surface area contributed by atoms with Crippen LogP contribution < -0.4 is 21.2 Å². The monoisotopic (exact) mass is 1130 g/mol. The minimum absolute atomic E-state index is 0. The van der Waals surface area contributed by atoms with Gasteiger partial charge in [0.15, 0.2) is 0 Å². The second kappa shape index (κ2) is 28.2. The molecule has 0 bridgehead atoms.